The summed E-state index contributed by atoms with van der Waals surface area (Å²) in [4.78, 5) is 22.6. The van der Waals surface area contributed by atoms with Gasteiger partial charge in [0, 0.05) is 10.9 Å². The van der Waals surface area contributed by atoms with Crippen LogP contribution in [-0.4, -0.2) is 37.5 Å². The topological polar surface area (TPSA) is 64.6 Å². The molecule has 0 heterocycles. The number of carbonyl (C=O) groups excluding carboxylic acids is 2. The highest BCUT2D eigenvalue weighted by molar-refractivity contribution is 9.09. The van der Waals surface area contributed by atoms with Gasteiger partial charge in [-0.05, 0) is 18.2 Å². The molecule has 18 heavy (non-hydrogen) atoms. The van der Waals surface area contributed by atoms with Gasteiger partial charge < -0.3 is 14.8 Å². The van der Waals surface area contributed by atoms with Crippen molar-refractivity contribution in [3.05, 3.63) is 29.8 Å². The van der Waals surface area contributed by atoms with Crippen molar-refractivity contribution < 1.29 is 19.1 Å². The van der Waals surface area contributed by atoms with Crippen molar-refractivity contribution >= 4 is 27.8 Å². The molecule has 0 aliphatic heterocycles. The van der Waals surface area contributed by atoms with Crippen LogP contribution in [0, 0.1) is 0 Å². The van der Waals surface area contributed by atoms with Crippen LogP contribution in [-0.2, 0) is 9.53 Å². The van der Waals surface area contributed by atoms with Gasteiger partial charge in [-0.3, -0.25) is 9.59 Å². The molecule has 98 valence electrons. The van der Waals surface area contributed by atoms with Crippen molar-refractivity contribution in [2.24, 2.45) is 0 Å². The Balaban J connectivity index is 2.59. The van der Waals surface area contributed by atoms with Gasteiger partial charge in [-0.1, -0.05) is 22.0 Å². The van der Waals surface area contributed by atoms with Crippen molar-refractivity contribution in [3.8, 4) is 5.75 Å². The lowest BCUT2D eigenvalue weighted by atomic mass is 10.2. The maximum atomic E-state index is 11.7. The standard InChI is InChI=1S/C12H14BrNO4/c1-17-11(15)8-14-12(16)9-3-2-4-10(7-9)18-6-5-13/h2-4,7H,5-6,8H2,1H3,(H,14,16). The molecule has 0 atom stereocenters. The van der Waals surface area contributed by atoms with Gasteiger partial charge in [0.2, 0.25) is 0 Å². The predicted octanol–water partition coefficient (Wildman–Crippen LogP) is 1.36. The van der Waals surface area contributed by atoms with Crippen molar-refractivity contribution in [1.82, 2.24) is 5.32 Å². The second-order valence-electron chi connectivity index (χ2n) is 3.32. The smallest absolute Gasteiger partial charge is 0.325 e. The summed E-state index contributed by atoms with van der Waals surface area (Å²) in [5.41, 5.74) is 0.436. The van der Waals surface area contributed by atoms with E-state index in [1.165, 1.54) is 7.11 Å². The van der Waals surface area contributed by atoms with E-state index in [1.54, 1.807) is 24.3 Å². The summed E-state index contributed by atoms with van der Waals surface area (Å²) < 4.78 is 9.80. The van der Waals surface area contributed by atoms with Gasteiger partial charge in [-0.15, -0.1) is 0 Å². The Morgan fingerprint density at radius 3 is 2.83 bits per heavy atom. The normalized spacial score (nSPS) is 9.67. The first-order chi connectivity index (χ1) is 8.67. The Bertz CT molecular complexity index is 422. The fraction of sp³-hybridized carbons (Fsp3) is 0.333. The molecule has 0 aliphatic rings. The highest BCUT2D eigenvalue weighted by atomic mass is 79.9. The fourth-order valence-electron chi connectivity index (χ4n) is 1.21. The number of ether oxygens (including phenoxy) is 2. The number of halogens is 1. The van der Waals surface area contributed by atoms with Crippen LogP contribution in [0.3, 0.4) is 0 Å². The maximum absolute atomic E-state index is 11.7. The minimum absolute atomic E-state index is 0.151. The number of benzene rings is 1. The summed E-state index contributed by atoms with van der Waals surface area (Å²) in [6.45, 7) is 0.370. The van der Waals surface area contributed by atoms with Crippen molar-refractivity contribution in [2.75, 3.05) is 25.6 Å². The van der Waals surface area contributed by atoms with E-state index in [0.717, 1.165) is 0 Å². The lowest BCUT2D eigenvalue weighted by Gasteiger charge is -2.07. The number of amides is 1. The molecule has 0 spiro atoms. The summed E-state index contributed by atoms with van der Waals surface area (Å²) in [6.07, 6.45) is 0. The number of alkyl halides is 1. The third-order valence-corrected chi connectivity index (χ3v) is 2.39. The van der Waals surface area contributed by atoms with E-state index in [1.807, 2.05) is 0 Å². The molecule has 0 bridgehead atoms. The van der Waals surface area contributed by atoms with Gasteiger partial charge in [0.25, 0.3) is 5.91 Å². The minimum Gasteiger partial charge on any atom is -0.493 e. The van der Waals surface area contributed by atoms with Gasteiger partial charge in [-0.25, -0.2) is 0 Å². The van der Waals surface area contributed by atoms with Crippen molar-refractivity contribution in [3.63, 3.8) is 0 Å². The molecular formula is C12H14BrNO4. The first-order valence-corrected chi connectivity index (χ1v) is 6.43. The Labute approximate surface area is 114 Å². The van der Waals surface area contributed by atoms with Crippen LogP contribution in [0.1, 0.15) is 10.4 Å². The summed E-state index contributed by atoms with van der Waals surface area (Å²) in [5, 5.41) is 3.17. The Hall–Kier alpha value is -1.56. The third kappa shape index (κ3) is 4.75. The number of carbonyl (C=O) groups is 2. The summed E-state index contributed by atoms with van der Waals surface area (Å²) >= 11 is 3.25. The number of rotatable bonds is 6. The highest BCUT2D eigenvalue weighted by Crippen LogP contribution is 2.13. The molecule has 0 aromatic heterocycles. The molecule has 5 nitrogen and oxygen atoms in total. The summed E-state index contributed by atoms with van der Waals surface area (Å²) in [7, 11) is 1.27. The molecular weight excluding hydrogens is 302 g/mol. The maximum Gasteiger partial charge on any atom is 0.325 e. The zero-order valence-corrected chi connectivity index (χ0v) is 11.5. The van der Waals surface area contributed by atoms with Crippen LogP contribution >= 0.6 is 15.9 Å². The molecule has 0 unspecified atom stereocenters. The molecule has 1 rings (SSSR count). The van der Waals surface area contributed by atoms with Crippen LogP contribution in [0.4, 0.5) is 0 Å². The Kier molecular flexibility index (Phi) is 6.21. The van der Waals surface area contributed by atoms with Gasteiger partial charge in [0.15, 0.2) is 0 Å². The van der Waals surface area contributed by atoms with Crippen LogP contribution in [0.25, 0.3) is 0 Å². The van der Waals surface area contributed by atoms with E-state index in [4.69, 9.17) is 4.74 Å². The highest BCUT2D eigenvalue weighted by Gasteiger charge is 2.08. The molecule has 6 heteroatoms. The second kappa shape index (κ2) is 7.71. The van der Waals surface area contributed by atoms with Gasteiger partial charge >= 0.3 is 5.97 Å². The molecule has 0 fully saturated rings. The molecule has 1 aromatic carbocycles. The summed E-state index contributed by atoms with van der Waals surface area (Å²) in [6, 6.07) is 6.75. The second-order valence-corrected chi connectivity index (χ2v) is 4.12. The van der Waals surface area contributed by atoms with Gasteiger partial charge in [0.1, 0.15) is 12.3 Å². The van der Waals surface area contributed by atoms with E-state index >= 15 is 0 Å². The third-order valence-electron chi connectivity index (χ3n) is 2.06. The molecule has 0 saturated carbocycles. The molecule has 1 aromatic rings. The number of methoxy groups -OCH3 is 1. The zero-order valence-electron chi connectivity index (χ0n) is 9.94. The van der Waals surface area contributed by atoms with Gasteiger partial charge in [-0.2, -0.15) is 0 Å². The largest absolute Gasteiger partial charge is 0.493 e. The minimum atomic E-state index is -0.491. The number of hydrogen-bond donors (Lipinski definition) is 1. The van der Waals surface area contributed by atoms with Crippen molar-refractivity contribution in [1.29, 1.82) is 0 Å². The van der Waals surface area contributed by atoms with E-state index in [0.29, 0.717) is 23.2 Å². The lowest BCUT2D eigenvalue weighted by Crippen LogP contribution is -2.30. The van der Waals surface area contributed by atoms with Gasteiger partial charge in [0.05, 0.1) is 13.7 Å². The SMILES string of the molecule is COC(=O)CNC(=O)c1cccc(OCCBr)c1. The zero-order chi connectivity index (χ0) is 13.4. The predicted molar refractivity (Wildman–Crippen MR) is 70.1 cm³/mol. The first kappa shape index (κ1) is 14.5. The van der Waals surface area contributed by atoms with E-state index in [-0.39, 0.29) is 12.5 Å². The Morgan fingerprint density at radius 2 is 2.17 bits per heavy atom. The van der Waals surface area contributed by atoms with E-state index < -0.39 is 5.97 Å². The lowest BCUT2D eigenvalue weighted by molar-refractivity contribution is -0.139. The van der Waals surface area contributed by atoms with Crippen LogP contribution in [0.15, 0.2) is 24.3 Å². The number of nitrogens with one attached hydrogen (secondary N) is 1. The van der Waals surface area contributed by atoms with Crippen LogP contribution < -0.4 is 10.1 Å². The number of hydrogen-bond acceptors (Lipinski definition) is 4. The fourth-order valence-corrected chi connectivity index (χ4v) is 1.37. The number of esters is 1. The molecule has 0 saturated heterocycles. The first-order valence-electron chi connectivity index (χ1n) is 5.31. The van der Waals surface area contributed by atoms with Crippen molar-refractivity contribution in [2.45, 2.75) is 0 Å². The molecule has 0 radical (unpaired) electrons. The molecule has 0 aliphatic carbocycles. The van der Waals surface area contributed by atoms with Crippen LogP contribution in [0.5, 0.6) is 5.75 Å². The monoisotopic (exact) mass is 315 g/mol. The Morgan fingerprint density at radius 1 is 1.39 bits per heavy atom. The molecule has 1 N–H and O–H groups in total. The quantitative estimate of drug-likeness (QED) is 0.636. The average Bonchev–Trinajstić information content (AvgIpc) is 2.42. The van der Waals surface area contributed by atoms with E-state index in [9.17, 15) is 9.59 Å². The van der Waals surface area contributed by atoms with E-state index in [2.05, 4.69) is 26.0 Å². The average molecular weight is 316 g/mol. The van der Waals surface area contributed by atoms with Crippen LogP contribution in [0.2, 0.25) is 0 Å². The molecule has 1 amide bonds. The summed E-state index contributed by atoms with van der Waals surface area (Å²) in [5.74, 6) is -0.222.